The van der Waals surface area contributed by atoms with Crippen molar-refractivity contribution in [1.82, 2.24) is 9.97 Å². The molecule has 2 aromatic rings. The van der Waals surface area contributed by atoms with Gasteiger partial charge in [-0.3, -0.25) is 4.90 Å². The van der Waals surface area contributed by atoms with Crippen LogP contribution in [-0.4, -0.2) is 28.7 Å². The topological polar surface area (TPSA) is 67.3 Å². The highest BCUT2D eigenvalue weighted by molar-refractivity contribution is 5.89. The second-order valence-corrected chi connectivity index (χ2v) is 5.52. The quantitative estimate of drug-likeness (QED) is 0.916. The standard InChI is InChI=1S/C17H20N4O2/c1-3-14-11-23-17(22)21(14)15-9-10-18-16(20-15)19-12(2)13-7-5-4-6-8-13/h4-10,12,14H,3,11H2,1-2H3,(H,18,19,20). The van der Waals surface area contributed by atoms with Crippen molar-refractivity contribution in [1.29, 1.82) is 0 Å². The van der Waals surface area contributed by atoms with Crippen LogP contribution in [0.5, 0.6) is 0 Å². The highest BCUT2D eigenvalue weighted by Gasteiger charge is 2.34. The number of rotatable bonds is 5. The monoisotopic (exact) mass is 312 g/mol. The third kappa shape index (κ3) is 3.26. The molecule has 1 N–H and O–H groups in total. The van der Waals surface area contributed by atoms with Gasteiger partial charge in [0.15, 0.2) is 0 Å². The summed E-state index contributed by atoms with van der Waals surface area (Å²) < 4.78 is 5.12. The molecule has 0 aliphatic carbocycles. The Kier molecular flexibility index (Phi) is 4.41. The lowest BCUT2D eigenvalue weighted by Crippen LogP contribution is -2.33. The molecule has 1 saturated heterocycles. The lowest BCUT2D eigenvalue weighted by molar-refractivity contribution is 0.178. The lowest BCUT2D eigenvalue weighted by Gasteiger charge is -2.20. The van der Waals surface area contributed by atoms with Gasteiger partial charge in [0.1, 0.15) is 12.4 Å². The van der Waals surface area contributed by atoms with Gasteiger partial charge in [-0.1, -0.05) is 37.3 Å². The molecule has 1 aliphatic heterocycles. The number of nitrogens with zero attached hydrogens (tertiary/aromatic N) is 3. The van der Waals surface area contributed by atoms with Crippen molar-refractivity contribution in [2.45, 2.75) is 32.4 Å². The fourth-order valence-corrected chi connectivity index (χ4v) is 2.61. The fourth-order valence-electron chi connectivity index (χ4n) is 2.61. The summed E-state index contributed by atoms with van der Waals surface area (Å²) in [6.45, 7) is 4.48. The first kappa shape index (κ1) is 15.3. The van der Waals surface area contributed by atoms with Gasteiger partial charge < -0.3 is 10.1 Å². The fraction of sp³-hybridized carbons (Fsp3) is 0.353. The summed E-state index contributed by atoms with van der Waals surface area (Å²) in [6, 6.07) is 11.9. The minimum Gasteiger partial charge on any atom is -0.447 e. The molecule has 1 aromatic carbocycles. The highest BCUT2D eigenvalue weighted by atomic mass is 16.6. The predicted molar refractivity (Wildman–Crippen MR) is 88.4 cm³/mol. The van der Waals surface area contributed by atoms with Gasteiger partial charge in [0.25, 0.3) is 0 Å². The van der Waals surface area contributed by atoms with Gasteiger partial charge >= 0.3 is 6.09 Å². The Labute approximate surface area is 135 Å². The van der Waals surface area contributed by atoms with Gasteiger partial charge in [0, 0.05) is 6.20 Å². The van der Waals surface area contributed by atoms with E-state index in [4.69, 9.17) is 4.74 Å². The summed E-state index contributed by atoms with van der Waals surface area (Å²) in [5.74, 6) is 1.06. The maximum atomic E-state index is 11.9. The van der Waals surface area contributed by atoms with Gasteiger partial charge in [0.2, 0.25) is 5.95 Å². The summed E-state index contributed by atoms with van der Waals surface area (Å²) in [6.07, 6.45) is 2.12. The SMILES string of the molecule is CCC1COC(=O)N1c1ccnc(NC(C)c2ccccc2)n1. The molecule has 1 aromatic heterocycles. The van der Waals surface area contributed by atoms with E-state index < -0.39 is 0 Å². The molecule has 2 heterocycles. The zero-order chi connectivity index (χ0) is 16.2. The maximum absolute atomic E-state index is 11.9. The average molecular weight is 312 g/mol. The molecule has 1 aliphatic rings. The number of carbonyl (C=O) groups is 1. The Balaban J connectivity index is 1.79. The van der Waals surface area contributed by atoms with Crippen molar-refractivity contribution in [2.75, 3.05) is 16.8 Å². The molecule has 0 saturated carbocycles. The van der Waals surface area contributed by atoms with Gasteiger partial charge in [0.05, 0.1) is 12.1 Å². The molecule has 1 amide bonds. The molecule has 23 heavy (non-hydrogen) atoms. The van der Waals surface area contributed by atoms with Crippen LogP contribution in [-0.2, 0) is 4.74 Å². The van der Waals surface area contributed by atoms with E-state index in [2.05, 4.69) is 15.3 Å². The smallest absolute Gasteiger partial charge is 0.415 e. The van der Waals surface area contributed by atoms with Crippen molar-refractivity contribution in [2.24, 2.45) is 0 Å². The Hall–Kier alpha value is -2.63. The maximum Gasteiger partial charge on any atom is 0.415 e. The molecular weight excluding hydrogens is 292 g/mol. The summed E-state index contributed by atoms with van der Waals surface area (Å²) in [5.41, 5.74) is 1.15. The van der Waals surface area contributed by atoms with Gasteiger partial charge in [-0.2, -0.15) is 4.98 Å². The number of nitrogens with one attached hydrogen (secondary N) is 1. The van der Waals surface area contributed by atoms with E-state index in [1.54, 1.807) is 17.2 Å². The van der Waals surface area contributed by atoms with Gasteiger partial charge in [-0.05, 0) is 25.0 Å². The summed E-state index contributed by atoms with van der Waals surface area (Å²) >= 11 is 0. The lowest BCUT2D eigenvalue weighted by atomic mass is 10.1. The first-order valence-corrected chi connectivity index (χ1v) is 7.79. The van der Waals surface area contributed by atoms with Crippen molar-refractivity contribution < 1.29 is 9.53 Å². The Morgan fingerprint density at radius 2 is 2.13 bits per heavy atom. The normalized spacial score (nSPS) is 18.6. The average Bonchev–Trinajstić information content (AvgIpc) is 2.96. The third-order valence-electron chi connectivity index (χ3n) is 3.97. The van der Waals surface area contributed by atoms with E-state index in [-0.39, 0.29) is 18.2 Å². The first-order valence-electron chi connectivity index (χ1n) is 7.79. The molecule has 120 valence electrons. The molecule has 6 nitrogen and oxygen atoms in total. The van der Waals surface area contributed by atoms with E-state index in [0.29, 0.717) is 18.4 Å². The van der Waals surface area contributed by atoms with Crippen LogP contribution in [0.2, 0.25) is 0 Å². The molecule has 0 spiro atoms. The molecule has 6 heteroatoms. The molecular formula is C17H20N4O2. The largest absolute Gasteiger partial charge is 0.447 e. The summed E-state index contributed by atoms with van der Waals surface area (Å²) in [7, 11) is 0. The third-order valence-corrected chi connectivity index (χ3v) is 3.97. The Morgan fingerprint density at radius 1 is 1.35 bits per heavy atom. The van der Waals surface area contributed by atoms with Gasteiger partial charge in [-0.15, -0.1) is 0 Å². The van der Waals surface area contributed by atoms with Crippen LogP contribution in [0.25, 0.3) is 0 Å². The molecule has 0 bridgehead atoms. The summed E-state index contributed by atoms with van der Waals surface area (Å²) in [5, 5.41) is 3.27. The second-order valence-electron chi connectivity index (χ2n) is 5.52. The number of amides is 1. The summed E-state index contributed by atoms with van der Waals surface area (Å²) in [4.78, 5) is 22.2. The number of benzene rings is 1. The number of cyclic esters (lactones) is 1. The van der Waals surface area contributed by atoms with Crippen molar-refractivity contribution in [3.63, 3.8) is 0 Å². The van der Waals surface area contributed by atoms with E-state index in [1.165, 1.54) is 0 Å². The highest BCUT2D eigenvalue weighted by Crippen LogP contribution is 2.24. The van der Waals surface area contributed by atoms with Crippen molar-refractivity contribution >= 4 is 17.9 Å². The minimum absolute atomic E-state index is 0.0248. The van der Waals surface area contributed by atoms with Crippen LogP contribution in [0.1, 0.15) is 31.9 Å². The molecule has 2 atom stereocenters. The van der Waals surface area contributed by atoms with Crippen molar-refractivity contribution in [3.05, 3.63) is 48.2 Å². The van der Waals surface area contributed by atoms with E-state index >= 15 is 0 Å². The Morgan fingerprint density at radius 3 is 2.87 bits per heavy atom. The number of aromatic nitrogens is 2. The van der Waals surface area contributed by atoms with E-state index in [9.17, 15) is 4.79 Å². The van der Waals surface area contributed by atoms with Gasteiger partial charge in [-0.25, -0.2) is 9.78 Å². The zero-order valence-corrected chi connectivity index (χ0v) is 13.3. The number of hydrogen-bond acceptors (Lipinski definition) is 5. The van der Waals surface area contributed by atoms with Crippen LogP contribution < -0.4 is 10.2 Å². The number of hydrogen-bond donors (Lipinski definition) is 1. The van der Waals surface area contributed by atoms with E-state index in [1.807, 2.05) is 44.2 Å². The second kappa shape index (κ2) is 6.64. The first-order chi connectivity index (χ1) is 11.2. The van der Waals surface area contributed by atoms with Crippen LogP contribution in [0.3, 0.4) is 0 Å². The van der Waals surface area contributed by atoms with Crippen molar-refractivity contribution in [3.8, 4) is 0 Å². The number of ether oxygens (including phenoxy) is 1. The molecule has 3 rings (SSSR count). The number of carbonyl (C=O) groups excluding carboxylic acids is 1. The van der Waals surface area contributed by atoms with Crippen LogP contribution in [0.4, 0.5) is 16.6 Å². The minimum atomic E-state index is -0.349. The molecule has 0 radical (unpaired) electrons. The zero-order valence-electron chi connectivity index (χ0n) is 13.3. The Bertz CT molecular complexity index is 677. The van der Waals surface area contributed by atoms with Crippen LogP contribution in [0.15, 0.2) is 42.6 Å². The molecule has 1 fully saturated rings. The molecule has 2 unspecified atom stereocenters. The van der Waals surface area contributed by atoms with Crippen LogP contribution >= 0.6 is 0 Å². The predicted octanol–water partition coefficient (Wildman–Crippen LogP) is 3.38. The van der Waals surface area contributed by atoms with Crippen LogP contribution in [0, 0.1) is 0 Å². The number of anilines is 2. The van der Waals surface area contributed by atoms with E-state index in [0.717, 1.165) is 12.0 Å².